The first kappa shape index (κ1) is 33.1. The molecule has 1 N–H and O–H groups in total. The number of nitrogens with one attached hydrogen (secondary N) is 1. The average Bonchev–Trinajstić information content (AvgIpc) is 2.89. The van der Waals surface area contributed by atoms with Crippen molar-refractivity contribution in [1.82, 2.24) is 5.32 Å². The topological polar surface area (TPSA) is 117 Å². The van der Waals surface area contributed by atoms with Gasteiger partial charge >= 0.3 is 23.9 Å². The minimum absolute atomic E-state index is 0.112. The van der Waals surface area contributed by atoms with Crippen molar-refractivity contribution < 1.29 is 38.1 Å². The molecule has 0 aliphatic carbocycles. The number of benzene rings is 1. The maximum Gasteiger partial charge on any atom is 0.323 e. The summed E-state index contributed by atoms with van der Waals surface area (Å²) in [5.41, 5.74) is 0.657. The first-order chi connectivity index (χ1) is 17.9. The Morgan fingerprint density at radius 1 is 0.842 bits per heavy atom. The molecule has 1 aromatic rings. The zero-order valence-electron chi connectivity index (χ0n) is 24.1. The van der Waals surface area contributed by atoms with Gasteiger partial charge in [-0.25, -0.2) is 0 Å². The van der Waals surface area contributed by atoms with Crippen LogP contribution in [-0.4, -0.2) is 49.7 Å². The highest BCUT2D eigenvalue weighted by Gasteiger charge is 2.24. The van der Waals surface area contributed by atoms with Crippen LogP contribution in [0.15, 0.2) is 18.2 Å². The normalized spacial score (nSPS) is 14.2. The smallest absolute Gasteiger partial charge is 0.323 e. The van der Waals surface area contributed by atoms with Gasteiger partial charge in [0.05, 0.1) is 18.9 Å². The summed E-state index contributed by atoms with van der Waals surface area (Å²) >= 11 is 0. The summed E-state index contributed by atoms with van der Waals surface area (Å²) in [7, 11) is 1.29. The van der Waals surface area contributed by atoms with Crippen molar-refractivity contribution in [1.29, 1.82) is 0 Å². The molecule has 9 heteroatoms. The molecule has 0 saturated heterocycles. The maximum absolute atomic E-state index is 12.5. The Labute approximate surface area is 226 Å². The van der Waals surface area contributed by atoms with E-state index >= 15 is 0 Å². The molecular weight excluding hydrogens is 490 g/mol. The van der Waals surface area contributed by atoms with Gasteiger partial charge in [0, 0.05) is 13.0 Å². The number of esters is 4. The monoisotopic (exact) mass is 535 g/mol. The third kappa shape index (κ3) is 11.6. The molecule has 4 atom stereocenters. The van der Waals surface area contributed by atoms with Gasteiger partial charge in [0.2, 0.25) is 0 Å². The lowest BCUT2D eigenvalue weighted by Crippen LogP contribution is -2.43. The minimum Gasteiger partial charge on any atom is -0.468 e. The fourth-order valence-electron chi connectivity index (χ4n) is 3.25. The molecular formula is C29H45NO8. The highest BCUT2D eigenvalue weighted by Crippen LogP contribution is 2.31. The lowest BCUT2D eigenvalue weighted by molar-refractivity contribution is -0.148. The van der Waals surface area contributed by atoms with E-state index in [2.05, 4.69) is 5.32 Å². The Kier molecular flexibility index (Phi) is 14.6. The fraction of sp³-hybridized carbons (Fsp3) is 0.655. The summed E-state index contributed by atoms with van der Waals surface area (Å²) in [5, 5.41) is 3.10. The molecule has 0 aliphatic heterocycles. The Bertz CT molecular complexity index is 929. The zero-order valence-corrected chi connectivity index (χ0v) is 24.1. The highest BCUT2D eigenvalue weighted by molar-refractivity contribution is 5.79. The van der Waals surface area contributed by atoms with Crippen molar-refractivity contribution in [2.75, 3.05) is 13.7 Å². The van der Waals surface area contributed by atoms with Crippen molar-refractivity contribution >= 4 is 23.9 Å². The van der Waals surface area contributed by atoms with Crippen LogP contribution >= 0.6 is 0 Å². The van der Waals surface area contributed by atoms with Crippen LogP contribution in [0.25, 0.3) is 0 Å². The molecule has 0 saturated carbocycles. The molecule has 0 aromatic heterocycles. The number of carbonyl (C=O) groups is 4. The van der Waals surface area contributed by atoms with Gasteiger partial charge in [-0.2, -0.15) is 0 Å². The van der Waals surface area contributed by atoms with E-state index < -0.39 is 30.1 Å². The molecule has 0 heterocycles. The minimum atomic E-state index is -0.747. The molecule has 214 valence electrons. The van der Waals surface area contributed by atoms with Crippen LogP contribution in [0.2, 0.25) is 0 Å². The lowest BCUT2D eigenvalue weighted by Gasteiger charge is -2.21. The van der Waals surface area contributed by atoms with Crippen LogP contribution in [0.3, 0.4) is 0 Å². The molecule has 1 rings (SSSR count). The Morgan fingerprint density at radius 3 is 1.95 bits per heavy atom. The first-order valence-electron chi connectivity index (χ1n) is 13.5. The molecule has 0 aliphatic rings. The average molecular weight is 536 g/mol. The van der Waals surface area contributed by atoms with Gasteiger partial charge in [-0.15, -0.1) is 0 Å². The molecule has 0 bridgehead atoms. The Balaban J connectivity index is 3.04. The van der Waals surface area contributed by atoms with E-state index in [1.54, 1.807) is 39.0 Å². The molecule has 0 amide bonds. The third-order valence-electron chi connectivity index (χ3n) is 6.29. The molecule has 3 unspecified atom stereocenters. The Morgan fingerprint density at radius 2 is 1.42 bits per heavy atom. The number of hydrogen-bond donors (Lipinski definition) is 1. The number of rotatable bonds is 16. The van der Waals surface area contributed by atoms with Crippen LogP contribution in [0, 0.1) is 17.8 Å². The summed E-state index contributed by atoms with van der Waals surface area (Å²) in [6.45, 7) is 13.3. The second-order valence-electron chi connectivity index (χ2n) is 10.2. The van der Waals surface area contributed by atoms with Crippen molar-refractivity contribution in [3.05, 3.63) is 23.8 Å². The van der Waals surface area contributed by atoms with Gasteiger partial charge in [-0.05, 0) is 56.2 Å². The molecule has 0 fully saturated rings. The van der Waals surface area contributed by atoms with Crippen LogP contribution < -0.4 is 14.8 Å². The Hall–Kier alpha value is -2.94. The summed E-state index contributed by atoms with van der Waals surface area (Å²) in [4.78, 5) is 49.4. The fourth-order valence-corrected chi connectivity index (χ4v) is 3.25. The second kappa shape index (κ2) is 16.8. The van der Waals surface area contributed by atoms with Crippen LogP contribution in [0.5, 0.6) is 11.5 Å². The molecule has 38 heavy (non-hydrogen) atoms. The van der Waals surface area contributed by atoms with Crippen LogP contribution in [0.1, 0.15) is 79.7 Å². The predicted molar refractivity (Wildman–Crippen MR) is 144 cm³/mol. The van der Waals surface area contributed by atoms with E-state index in [0.717, 1.165) is 6.42 Å². The zero-order chi connectivity index (χ0) is 28.8. The number of methoxy groups -OCH3 is 1. The standard InChI is InChI=1S/C29H45NO8/c1-9-19(5)27(32)37-24-13-12-22(16-25(24)38-28(33)20(6)10-2)15-23(29(34)35-8)30-17-21(7)36-26(31)14-11-18(3)4/h12-13,16,18-21,23,30H,9-11,14-15,17H2,1-8H3/t19?,20?,21?,23-/m0/s1. The molecule has 9 nitrogen and oxygen atoms in total. The predicted octanol–water partition coefficient (Wildman–Crippen LogP) is 4.63. The third-order valence-corrected chi connectivity index (χ3v) is 6.29. The van der Waals surface area contributed by atoms with Crippen LogP contribution in [0.4, 0.5) is 0 Å². The van der Waals surface area contributed by atoms with E-state index in [1.807, 2.05) is 27.7 Å². The summed E-state index contributed by atoms with van der Waals surface area (Å²) in [6.07, 6.45) is 2.04. The van der Waals surface area contributed by atoms with Crippen molar-refractivity contribution in [2.24, 2.45) is 17.8 Å². The van der Waals surface area contributed by atoms with Crippen molar-refractivity contribution in [2.45, 2.75) is 92.7 Å². The molecule has 0 spiro atoms. The largest absolute Gasteiger partial charge is 0.468 e. The lowest BCUT2D eigenvalue weighted by atomic mass is 10.0. The number of hydrogen-bond acceptors (Lipinski definition) is 9. The quantitative estimate of drug-likeness (QED) is 0.239. The van der Waals surface area contributed by atoms with Gasteiger partial charge in [0.1, 0.15) is 12.1 Å². The van der Waals surface area contributed by atoms with Gasteiger partial charge in [-0.3, -0.25) is 19.2 Å². The maximum atomic E-state index is 12.5. The summed E-state index contributed by atoms with van der Waals surface area (Å²) in [6, 6.07) is 4.10. The number of ether oxygens (including phenoxy) is 4. The van der Waals surface area contributed by atoms with Gasteiger partial charge < -0.3 is 24.3 Å². The summed E-state index contributed by atoms with van der Waals surface area (Å²) in [5.74, 6) is -1.65. The van der Waals surface area contributed by atoms with E-state index in [4.69, 9.17) is 18.9 Å². The van der Waals surface area contributed by atoms with E-state index in [9.17, 15) is 19.2 Å². The van der Waals surface area contributed by atoms with Crippen molar-refractivity contribution in [3.63, 3.8) is 0 Å². The van der Waals surface area contributed by atoms with Gasteiger partial charge in [0.25, 0.3) is 0 Å². The van der Waals surface area contributed by atoms with Crippen LogP contribution in [-0.2, 0) is 35.1 Å². The first-order valence-corrected chi connectivity index (χ1v) is 13.5. The van der Waals surface area contributed by atoms with E-state index in [1.165, 1.54) is 7.11 Å². The SMILES string of the molecule is CCC(C)C(=O)Oc1ccc(C[C@H](NCC(C)OC(=O)CCC(C)C)C(=O)OC)cc1OC(=O)C(C)CC. The van der Waals surface area contributed by atoms with E-state index in [-0.39, 0.29) is 42.3 Å². The van der Waals surface area contributed by atoms with Gasteiger partial charge in [-0.1, -0.05) is 47.6 Å². The summed E-state index contributed by atoms with van der Waals surface area (Å²) < 4.78 is 21.5. The molecule has 1 aromatic carbocycles. The van der Waals surface area contributed by atoms with E-state index in [0.29, 0.717) is 30.7 Å². The highest BCUT2D eigenvalue weighted by atomic mass is 16.6. The molecule has 0 radical (unpaired) electrons. The van der Waals surface area contributed by atoms with Crippen molar-refractivity contribution in [3.8, 4) is 11.5 Å². The number of carbonyl (C=O) groups excluding carboxylic acids is 4. The second-order valence-corrected chi connectivity index (χ2v) is 10.2. The van der Waals surface area contributed by atoms with Gasteiger partial charge in [0.15, 0.2) is 11.5 Å².